The van der Waals surface area contributed by atoms with E-state index in [2.05, 4.69) is 5.32 Å². The monoisotopic (exact) mass is 331 g/mol. The van der Waals surface area contributed by atoms with E-state index in [1.54, 1.807) is 30.4 Å². The van der Waals surface area contributed by atoms with Gasteiger partial charge in [-0.2, -0.15) is 0 Å². The summed E-state index contributed by atoms with van der Waals surface area (Å²) in [4.78, 5) is 11.5. The lowest BCUT2D eigenvalue weighted by molar-refractivity contribution is 0.140. The third kappa shape index (κ3) is 5.83. The average Bonchev–Trinajstić information content (AvgIpc) is 2.61. The minimum atomic E-state index is -2.50. The van der Waals surface area contributed by atoms with Crippen molar-refractivity contribution in [1.82, 2.24) is 5.32 Å². The van der Waals surface area contributed by atoms with Crippen molar-refractivity contribution >= 4 is 12.2 Å². The van der Waals surface area contributed by atoms with Gasteiger partial charge in [-0.25, -0.2) is 13.6 Å². The number of rotatable bonds is 7. The van der Waals surface area contributed by atoms with E-state index in [9.17, 15) is 13.6 Å². The summed E-state index contributed by atoms with van der Waals surface area (Å²) in [6, 6.07) is 15.7. The number of halogens is 2. The summed E-state index contributed by atoms with van der Waals surface area (Å²) in [6.45, 7) is 0.589. The highest BCUT2D eigenvalue weighted by Gasteiger charge is 2.09. The van der Waals surface area contributed by atoms with Crippen molar-refractivity contribution in [3.63, 3.8) is 0 Å². The van der Waals surface area contributed by atoms with E-state index in [0.29, 0.717) is 18.5 Å². The fourth-order valence-corrected chi connectivity index (χ4v) is 2.10. The smallest absolute Gasteiger partial charge is 0.407 e. The van der Waals surface area contributed by atoms with Crippen LogP contribution in [0.3, 0.4) is 0 Å². The van der Waals surface area contributed by atoms with Crippen molar-refractivity contribution in [1.29, 1.82) is 0 Å². The standard InChI is InChI=1S/C19H19F2NO2/c20-18(21)17-12-5-4-10-16(17)11-6-7-13-22-19(23)24-14-15-8-2-1-3-9-15/h1-6,8-12,18H,7,13-14H2,(H,22,23). The zero-order chi connectivity index (χ0) is 17.2. The lowest BCUT2D eigenvalue weighted by Crippen LogP contribution is -2.24. The van der Waals surface area contributed by atoms with Crippen molar-refractivity contribution in [3.05, 3.63) is 77.4 Å². The fraction of sp³-hybridized carbons (Fsp3) is 0.211. The number of amides is 1. The van der Waals surface area contributed by atoms with E-state index in [4.69, 9.17) is 4.74 Å². The number of hydrogen-bond acceptors (Lipinski definition) is 2. The molecular formula is C19H19F2NO2. The molecule has 24 heavy (non-hydrogen) atoms. The maximum Gasteiger partial charge on any atom is 0.407 e. The molecule has 0 radical (unpaired) electrons. The third-order valence-corrected chi connectivity index (χ3v) is 3.32. The highest BCUT2D eigenvalue weighted by Crippen LogP contribution is 2.23. The molecule has 2 aromatic carbocycles. The van der Waals surface area contributed by atoms with Gasteiger partial charge in [-0.15, -0.1) is 0 Å². The van der Waals surface area contributed by atoms with E-state index in [1.165, 1.54) is 6.07 Å². The molecule has 1 N–H and O–H groups in total. The van der Waals surface area contributed by atoms with E-state index in [0.717, 1.165) is 5.56 Å². The molecule has 0 fully saturated rings. The Hall–Kier alpha value is -2.69. The largest absolute Gasteiger partial charge is 0.445 e. The number of ether oxygens (including phenoxy) is 1. The van der Waals surface area contributed by atoms with E-state index in [1.807, 2.05) is 30.3 Å². The van der Waals surface area contributed by atoms with Gasteiger partial charge in [0, 0.05) is 12.1 Å². The summed E-state index contributed by atoms with van der Waals surface area (Å²) < 4.78 is 30.7. The van der Waals surface area contributed by atoms with Gasteiger partial charge in [-0.1, -0.05) is 66.7 Å². The number of alkyl halides is 2. The molecule has 0 saturated carbocycles. The van der Waals surface area contributed by atoms with Gasteiger partial charge in [0.05, 0.1) is 0 Å². The highest BCUT2D eigenvalue weighted by atomic mass is 19.3. The van der Waals surface area contributed by atoms with Gasteiger partial charge in [-0.05, 0) is 17.5 Å². The van der Waals surface area contributed by atoms with Crippen LogP contribution in [0.5, 0.6) is 0 Å². The van der Waals surface area contributed by atoms with Gasteiger partial charge in [0.2, 0.25) is 0 Å². The summed E-state index contributed by atoms with van der Waals surface area (Å²) in [5.41, 5.74) is 1.40. The van der Waals surface area contributed by atoms with E-state index >= 15 is 0 Å². The van der Waals surface area contributed by atoms with Crippen LogP contribution in [0, 0.1) is 0 Å². The molecule has 126 valence electrons. The third-order valence-electron chi connectivity index (χ3n) is 3.32. The molecule has 3 nitrogen and oxygen atoms in total. The first-order valence-electron chi connectivity index (χ1n) is 7.65. The topological polar surface area (TPSA) is 38.3 Å². The Labute approximate surface area is 140 Å². The first kappa shape index (κ1) is 17.7. The second-order valence-electron chi connectivity index (χ2n) is 5.11. The van der Waals surface area contributed by atoms with Crippen molar-refractivity contribution in [2.24, 2.45) is 0 Å². The molecule has 0 aliphatic rings. The van der Waals surface area contributed by atoms with Gasteiger partial charge in [-0.3, -0.25) is 0 Å². The minimum absolute atomic E-state index is 0.00369. The van der Waals surface area contributed by atoms with Crippen LogP contribution in [0.25, 0.3) is 6.08 Å². The zero-order valence-corrected chi connectivity index (χ0v) is 13.1. The van der Waals surface area contributed by atoms with Crippen LogP contribution < -0.4 is 5.32 Å². The van der Waals surface area contributed by atoms with Crippen molar-refractivity contribution in [2.75, 3.05) is 6.54 Å². The number of carbonyl (C=O) groups excluding carboxylic acids is 1. The van der Waals surface area contributed by atoms with Gasteiger partial charge >= 0.3 is 6.09 Å². The summed E-state index contributed by atoms with van der Waals surface area (Å²) in [7, 11) is 0. The number of benzene rings is 2. The van der Waals surface area contributed by atoms with Gasteiger partial charge in [0.15, 0.2) is 0 Å². The second kappa shape index (κ2) is 9.45. The Bertz CT molecular complexity index is 672. The van der Waals surface area contributed by atoms with Crippen LogP contribution in [0.4, 0.5) is 13.6 Å². The minimum Gasteiger partial charge on any atom is -0.445 e. The molecule has 2 aromatic rings. The SMILES string of the molecule is O=C(NCCC=Cc1ccccc1C(F)F)OCc1ccccc1. The molecule has 2 rings (SSSR count). The quantitative estimate of drug-likeness (QED) is 0.729. The summed E-state index contributed by atoms with van der Waals surface area (Å²) in [5, 5.41) is 2.62. The van der Waals surface area contributed by atoms with Crippen LogP contribution in [-0.2, 0) is 11.3 Å². The number of alkyl carbamates (subject to hydrolysis) is 1. The molecule has 1 amide bonds. The van der Waals surface area contributed by atoms with Gasteiger partial charge in [0.1, 0.15) is 6.61 Å². The molecule has 0 aliphatic carbocycles. The predicted octanol–water partition coefficient (Wildman–Crippen LogP) is 4.95. The molecule has 0 atom stereocenters. The van der Waals surface area contributed by atoms with Crippen LogP contribution in [0.2, 0.25) is 0 Å². The molecule has 5 heteroatoms. The van der Waals surface area contributed by atoms with Gasteiger partial charge < -0.3 is 10.1 Å². The first-order chi connectivity index (χ1) is 11.7. The first-order valence-corrected chi connectivity index (χ1v) is 7.65. The van der Waals surface area contributed by atoms with E-state index < -0.39 is 12.5 Å². The van der Waals surface area contributed by atoms with E-state index in [-0.39, 0.29) is 12.2 Å². The summed E-state index contributed by atoms with van der Waals surface area (Å²) in [6.07, 6.45) is 0.909. The van der Waals surface area contributed by atoms with Crippen molar-refractivity contribution in [2.45, 2.75) is 19.5 Å². The Morgan fingerprint density at radius 1 is 1.08 bits per heavy atom. The second-order valence-corrected chi connectivity index (χ2v) is 5.11. The molecule has 0 bridgehead atoms. The molecular weight excluding hydrogens is 312 g/mol. The van der Waals surface area contributed by atoms with Crippen molar-refractivity contribution in [3.8, 4) is 0 Å². The van der Waals surface area contributed by atoms with Crippen molar-refractivity contribution < 1.29 is 18.3 Å². The van der Waals surface area contributed by atoms with Crippen LogP contribution in [0.1, 0.15) is 29.5 Å². The Morgan fingerprint density at radius 2 is 1.79 bits per heavy atom. The number of nitrogens with one attached hydrogen (secondary N) is 1. The zero-order valence-electron chi connectivity index (χ0n) is 13.1. The lowest BCUT2D eigenvalue weighted by Gasteiger charge is -2.06. The molecule has 0 saturated heterocycles. The summed E-state index contributed by atoms with van der Waals surface area (Å²) in [5.74, 6) is 0. The maximum atomic E-state index is 12.8. The molecule has 0 spiro atoms. The Morgan fingerprint density at radius 3 is 2.54 bits per heavy atom. The molecule has 0 unspecified atom stereocenters. The fourth-order valence-electron chi connectivity index (χ4n) is 2.10. The Balaban J connectivity index is 1.70. The lowest BCUT2D eigenvalue weighted by atomic mass is 10.1. The molecule has 0 aliphatic heterocycles. The normalized spacial score (nSPS) is 11.0. The maximum absolute atomic E-state index is 12.8. The van der Waals surface area contributed by atoms with Crippen LogP contribution in [-0.4, -0.2) is 12.6 Å². The van der Waals surface area contributed by atoms with Crippen LogP contribution >= 0.6 is 0 Å². The molecule has 0 heterocycles. The molecule has 0 aromatic heterocycles. The highest BCUT2D eigenvalue weighted by molar-refractivity contribution is 5.67. The van der Waals surface area contributed by atoms with Gasteiger partial charge in [0.25, 0.3) is 6.43 Å². The average molecular weight is 331 g/mol. The van der Waals surface area contributed by atoms with Crippen LogP contribution in [0.15, 0.2) is 60.7 Å². The predicted molar refractivity (Wildman–Crippen MR) is 89.7 cm³/mol. The number of carbonyl (C=O) groups is 1. The number of hydrogen-bond donors (Lipinski definition) is 1. The summed E-state index contributed by atoms with van der Waals surface area (Å²) >= 11 is 0. The Kier molecular flexibility index (Phi) is 6.95.